The van der Waals surface area contributed by atoms with Gasteiger partial charge in [0.05, 0.1) is 0 Å². The summed E-state index contributed by atoms with van der Waals surface area (Å²) in [7, 11) is 0. The van der Waals surface area contributed by atoms with Crippen LogP contribution in [0.4, 0.5) is 4.79 Å². The monoisotopic (exact) mass is 296 g/mol. The number of hydrogen-bond acceptors (Lipinski definition) is 3. The highest BCUT2D eigenvalue weighted by atomic mass is 16.6. The van der Waals surface area contributed by atoms with Crippen molar-refractivity contribution in [3.63, 3.8) is 0 Å². The second-order valence-corrected chi connectivity index (χ2v) is 7.75. The molecule has 1 aliphatic heterocycles. The van der Waals surface area contributed by atoms with E-state index in [1.54, 1.807) is 0 Å². The smallest absolute Gasteiger partial charge is 0.410 e. The van der Waals surface area contributed by atoms with E-state index in [0.717, 1.165) is 38.4 Å². The zero-order valence-electron chi connectivity index (χ0n) is 13.9. The van der Waals surface area contributed by atoms with Crippen molar-refractivity contribution in [2.75, 3.05) is 19.6 Å². The van der Waals surface area contributed by atoms with Crippen LogP contribution in [0.25, 0.3) is 0 Å². The average molecular weight is 296 g/mol. The summed E-state index contributed by atoms with van der Waals surface area (Å²) in [6.45, 7) is 8.21. The van der Waals surface area contributed by atoms with Gasteiger partial charge in [-0.15, -0.1) is 0 Å². The third-order valence-corrected chi connectivity index (χ3v) is 5.07. The lowest BCUT2D eigenvalue weighted by Crippen LogP contribution is -2.44. The topological polar surface area (TPSA) is 55.6 Å². The van der Waals surface area contributed by atoms with Crippen molar-refractivity contribution in [1.82, 2.24) is 4.90 Å². The van der Waals surface area contributed by atoms with Crippen molar-refractivity contribution in [2.45, 2.75) is 64.9 Å². The number of nitrogens with two attached hydrogens (primary N) is 1. The SMILES string of the molecule is CC(C)(C)OC(=O)N1CCC([C@@H](CN)C2CCCC2)CC1. The quantitative estimate of drug-likeness (QED) is 0.868. The van der Waals surface area contributed by atoms with Gasteiger partial charge in [-0.3, -0.25) is 0 Å². The number of amides is 1. The number of carbonyl (C=O) groups is 1. The Hall–Kier alpha value is -0.770. The van der Waals surface area contributed by atoms with Gasteiger partial charge >= 0.3 is 6.09 Å². The van der Waals surface area contributed by atoms with E-state index in [-0.39, 0.29) is 6.09 Å². The van der Waals surface area contributed by atoms with Gasteiger partial charge in [-0.2, -0.15) is 0 Å². The molecule has 0 aromatic heterocycles. The van der Waals surface area contributed by atoms with Crippen LogP contribution in [0.2, 0.25) is 0 Å². The summed E-state index contributed by atoms with van der Waals surface area (Å²) in [6.07, 6.45) is 7.46. The molecule has 1 saturated carbocycles. The minimum atomic E-state index is -0.405. The molecule has 2 aliphatic rings. The summed E-state index contributed by atoms with van der Waals surface area (Å²) >= 11 is 0. The number of carbonyl (C=O) groups excluding carboxylic acids is 1. The zero-order chi connectivity index (χ0) is 15.5. The van der Waals surface area contributed by atoms with E-state index in [1.807, 2.05) is 25.7 Å². The Morgan fingerprint density at radius 3 is 2.14 bits per heavy atom. The van der Waals surface area contributed by atoms with Crippen LogP contribution in [-0.2, 0) is 4.74 Å². The second kappa shape index (κ2) is 6.99. The minimum Gasteiger partial charge on any atom is -0.444 e. The van der Waals surface area contributed by atoms with E-state index in [9.17, 15) is 4.79 Å². The van der Waals surface area contributed by atoms with Gasteiger partial charge in [0, 0.05) is 13.1 Å². The van der Waals surface area contributed by atoms with Gasteiger partial charge in [-0.25, -0.2) is 4.79 Å². The van der Waals surface area contributed by atoms with Crippen molar-refractivity contribution < 1.29 is 9.53 Å². The van der Waals surface area contributed by atoms with Gasteiger partial charge in [0.15, 0.2) is 0 Å². The summed E-state index contributed by atoms with van der Waals surface area (Å²) in [5.41, 5.74) is 5.65. The van der Waals surface area contributed by atoms with Crippen molar-refractivity contribution in [3.8, 4) is 0 Å². The molecule has 1 amide bonds. The van der Waals surface area contributed by atoms with E-state index in [0.29, 0.717) is 11.8 Å². The summed E-state index contributed by atoms with van der Waals surface area (Å²) in [5.74, 6) is 2.18. The van der Waals surface area contributed by atoms with Gasteiger partial charge in [0.2, 0.25) is 0 Å². The predicted octanol–water partition coefficient (Wildman–Crippen LogP) is 3.40. The van der Waals surface area contributed by atoms with E-state index in [4.69, 9.17) is 10.5 Å². The number of piperidine rings is 1. The molecule has 2 rings (SSSR count). The van der Waals surface area contributed by atoms with Crippen LogP contribution in [-0.4, -0.2) is 36.2 Å². The Bertz CT molecular complexity index is 337. The fourth-order valence-electron chi connectivity index (χ4n) is 3.99. The van der Waals surface area contributed by atoms with Crippen molar-refractivity contribution in [2.24, 2.45) is 23.5 Å². The van der Waals surface area contributed by atoms with E-state index in [1.165, 1.54) is 25.7 Å². The molecule has 1 aliphatic carbocycles. The van der Waals surface area contributed by atoms with Gasteiger partial charge in [-0.1, -0.05) is 25.7 Å². The molecule has 4 heteroatoms. The lowest BCUT2D eigenvalue weighted by molar-refractivity contribution is 0.0144. The molecule has 0 aromatic carbocycles. The van der Waals surface area contributed by atoms with E-state index < -0.39 is 5.60 Å². The van der Waals surface area contributed by atoms with Crippen molar-refractivity contribution in [3.05, 3.63) is 0 Å². The summed E-state index contributed by atoms with van der Waals surface area (Å²) in [4.78, 5) is 14.0. The summed E-state index contributed by atoms with van der Waals surface area (Å²) in [6, 6.07) is 0. The average Bonchev–Trinajstić information content (AvgIpc) is 2.92. The highest BCUT2D eigenvalue weighted by molar-refractivity contribution is 5.68. The minimum absolute atomic E-state index is 0.161. The van der Waals surface area contributed by atoms with Crippen molar-refractivity contribution in [1.29, 1.82) is 0 Å². The molecule has 2 N–H and O–H groups in total. The second-order valence-electron chi connectivity index (χ2n) is 7.75. The zero-order valence-corrected chi connectivity index (χ0v) is 13.9. The molecular formula is C17H32N2O2. The number of hydrogen-bond donors (Lipinski definition) is 1. The molecule has 1 heterocycles. The highest BCUT2D eigenvalue weighted by Gasteiger charge is 2.34. The van der Waals surface area contributed by atoms with Crippen LogP contribution < -0.4 is 5.73 Å². The standard InChI is InChI=1S/C17H32N2O2/c1-17(2,3)21-16(20)19-10-8-14(9-11-19)15(12-18)13-6-4-5-7-13/h13-15H,4-12,18H2,1-3H3/t15-/m0/s1. The van der Waals surface area contributed by atoms with E-state index in [2.05, 4.69) is 0 Å². The van der Waals surface area contributed by atoms with Crippen LogP contribution in [0.5, 0.6) is 0 Å². The van der Waals surface area contributed by atoms with E-state index >= 15 is 0 Å². The molecule has 0 bridgehead atoms. The van der Waals surface area contributed by atoms with Gasteiger partial charge in [0.1, 0.15) is 5.60 Å². The maximum Gasteiger partial charge on any atom is 0.410 e. The Morgan fingerprint density at radius 1 is 1.14 bits per heavy atom. The molecule has 1 atom stereocenters. The Morgan fingerprint density at radius 2 is 1.67 bits per heavy atom. The molecule has 0 aromatic rings. The Kier molecular flexibility index (Phi) is 5.53. The van der Waals surface area contributed by atoms with Crippen LogP contribution in [0.15, 0.2) is 0 Å². The molecule has 1 saturated heterocycles. The van der Waals surface area contributed by atoms with Crippen LogP contribution in [0, 0.1) is 17.8 Å². The number of ether oxygens (including phenoxy) is 1. The number of likely N-dealkylation sites (tertiary alicyclic amines) is 1. The summed E-state index contributed by atoms with van der Waals surface area (Å²) in [5, 5.41) is 0. The molecule has 122 valence electrons. The van der Waals surface area contributed by atoms with Gasteiger partial charge < -0.3 is 15.4 Å². The molecule has 0 spiro atoms. The highest BCUT2D eigenvalue weighted by Crippen LogP contribution is 2.38. The molecule has 21 heavy (non-hydrogen) atoms. The molecule has 4 nitrogen and oxygen atoms in total. The Balaban J connectivity index is 1.83. The first-order valence-electron chi connectivity index (χ1n) is 8.58. The number of nitrogens with zero attached hydrogens (tertiary/aromatic N) is 1. The lowest BCUT2D eigenvalue weighted by atomic mass is 9.76. The third kappa shape index (κ3) is 4.60. The maximum atomic E-state index is 12.1. The van der Waals surface area contributed by atoms with Crippen LogP contribution >= 0.6 is 0 Å². The normalized spacial score (nSPS) is 23.3. The first-order valence-corrected chi connectivity index (χ1v) is 8.58. The number of rotatable bonds is 3. The molecule has 2 fully saturated rings. The fourth-order valence-corrected chi connectivity index (χ4v) is 3.99. The summed E-state index contributed by atoms with van der Waals surface area (Å²) < 4.78 is 5.46. The van der Waals surface area contributed by atoms with Crippen LogP contribution in [0.3, 0.4) is 0 Å². The van der Waals surface area contributed by atoms with Crippen LogP contribution in [0.1, 0.15) is 59.3 Å². The molecular weight excluding hydrogens is 264 g/mol. The first-order chi connectivity index (χ1) is 9.90. The molecule has 0 unspecified atom stereocenters. The molecule has 0 radical (unpaired) electrons. The van der Waals surface area contributed by atoms with Gasteiger partial charge in [0.25, 0.3) is 0 Å². The lowest BCUT2D eigenvalue weighted by Gasteiger charge is -2.38. The van der Waals surface area contributed by atoms with Crippen molar-refractivity contribution >= 4 is 6.09 Å². The Labute approximate surface area is 129 Å². The van der Waals surface area contributed by atoms with Gasteiger partial charge in [-0.05, 0) is 57.9 Å². The first kappa shape index (κ1) is 16.6. The maximum absolute atomic E-state index is 12.1. The largest absolute Gasteiger partial charge is 0.444 e. The third-order valence-electron chi connectivity index (χ3n) is 5.07. The fraction of sp³-hybridized carbons (Fsp3) is 0.941. The predicted molar refractivity (Wildman–Crippen MR) is 85.0 cm³/mol.